The summed E-state index contributed by atoms with van der Waals surface area (Å²) in [7, 11) is 0. The van der Waals surface area contributed by atoms with Gasteiger partial charge in [0, 0.05) is 0 Å². The smallest absolute Gasteiger partial charge is 0.00214 e. The van der Waals surface area contributed by atoms with E-state index >= 15 is 0 Å². The topological polar surface area (TPSA) is 29.3 Å². The van der Waals surface area contributed by atoms with Crippen molar-refractivity contribution in [2.24, 2.45) is 5.73 Å². The average Bonchev–Trinajstić information content (AvgIpc) is 2.21. The predicted octanol–water partition coefficient (Wildman–Crippen LogP) is 3.26. The molecule has 0 unspecified atom stereocenters. The first-order chi connectivity index (χ1) is 7.26. The third-order valence-electron chi connectivity index (χ3n) is 2.18. The molecule has 0 spiro atoms. The minimum atomic E-state index is 0.844. The molecule has 15 heavy (non-hydrogen) atoms. The molecule has 0 heterocycles. The van der Waals surface area contributed by atoms with E-state index in [1.54, 1.807) is 0 Å². The summed E-state index contributed by atoms with van der Waals surface area (Å²) < 4.78 is 0. The van der Waals surface area contributed by atoms with Gasteiger partial charge in [-0.2, -0.15) is 0 Å². The van der Waals surface area contributed by atoms with E-state index in [0.29, 0.717) is 0 Å². The van der Waals surface area contributed by atoms with Crippen LogP contribution in [0.4, 0.5) is 0 Å². The minimum absolute atomic E-state index is 0.844. The van der Waals surface area contributed by atoms with Crippen LogP contribution in [0.2, 0.25) is 0 Å². The molecule has 0 aromatic heterocycles. The van der Waals surface area contributed by atoms with Gasteiger partial charge < -0.3 is 10.6 Å². The molecule has 0 amide bonds. The second kappa shape index (κ2) is 16.4. The molecule has 2 nitrogen and oxygen atoms in total. The molecule has 0 aromatic carbocycles. The van der Waals surface area contributed by atoms with Gasteiger partial charge in [0.2, 0.25) is 0 Å². The molecule has 0 rings (SSSR count). The fourth-order valence-electron chi connectivity index (χ4n) is 1.49. The molecule has 2 N–H and O–H groups in total. The molecule has 2 heteroatoms. The van der Waals surface area contributed by atoms with E-state index in [1.807, 2.05) is 0 Å². The van der Waals surface area contributed by atoms with E-state index in [1.165, 1.54) is 51.7 Å². The zero-order chi connectivity index (χ0) is 11.9. The summed E-state index contributed by atoms with van der Waals surface area (Å²) in [6.07, 6.45) is 6.26. The first-order valence-electron chi connectivity index (χ1n) is 6.69. The summed E-state index contributed by atoms with van der Waals surface area (Å²) in [5.41, 5.74) is 5.14. The standard InChI is InChI=1S/C9H21N.C4H11N/c1-4-7-10(8-5-2)9-6-3;1-2-3-4-5/h4-9H2,1-3H3;2-5H2,1H3. The maximum absolute atomic E-state index is 5.14. The SMILES string of the molecule is CCCCN.CCCN(CCC)CCC. The predicted molar refractivity (Wildman–Crippen MR) is 71.3 cm³/mol. The summed E-state index contributed by atoms with van der Waals surface area (Å²) >= 11 is 0. The fraction of sp³-hybridized carbons (Fsp3) is 1.00. The molecule has 0 bridgehead atoms. The first kappa shape index (κ1) is 17.3. The van der Waals surface area contributed by atoms with Crippen molar-refractivity contribution in [3.8, 4) is 0 Å². The zero-order valence-electron chi connectivity index (χ0n) is 11.4. The summed E-state index contributed by atoms with van der Waals surface area (Å²) in [5, 5.41) is 0. The average molecular weight is 216 g/mol. The Labute approximate surface area is 97.2 Å². The van der Waals surface area contributed by atoms with Gasteiger partial charge in [-0.1, -0.05) is 34.1 Å². The Balaban J connectivity index is 0. The molecule has 0 aliphatic heterocycles. The third kappa shape index (κ3) is 16.6. The van der Waals surface area contributed by atoms with E-state index in [4.69, 9.17) is 5.73 Å². The molecule has 0 radical (unpaired) electrons. The monoisotopic (exact) mass is 216 g/mol. The van der Waals surface area contributed by atoms with Gasteiger partial charge in [-0.3, -0.25) is 0 Å². The minimum Gasteiger partial charge on any atom is -0.330 e. The molecule has 0 aliphatic carbocycles. The van der Waals surface area contributed by atoms with E-state index in [0.717, 1.165) is 6.54 Å². The highest BCUT2D eigenvalue weighted by molar-refractivity contribution is 4.53. The Hall–Kier alpha value is -0.0800. The van der Waals surface area contributed by atoms with Crippen molar-refractivity contribution in [2.75, 3.05) is 26.2 Å². The van der Waals surface area contributed by atoms with Gasteiger partial charge in [0.05, 0.1) is 0 Å². The number of rotatable bonds is 8. The lowest BCUT2D eigenvalue weighted by molar-refractivity contribution is 0.275. The summed E-state index contributed by atoms with van der Waals surface area (Å²) in [4.78, 5) is 2.54. The lowest BCUT2D eigenvalue weighted by Gasteiger charge is -2.19. The van der Waals surface area contributed by atoms with Crippen LogP contribution in [0.3, 0.4) is 0 Å². The Bertz CT molecular complexity index is 78.3. The van der Waals surface area contributed by atoms with Crippen LogP contribution in [0.1, 0.15) is 59.8 Å². The quantitative estimate of drug-likeness (QED) is 0.675. The number of nitrogens with two attached hydrogens (primary N) is 1. The van der Waals surface area contributed by atoms with Crippen LogP contribution in [0.15, 0.2) is 0 Å². The van der Waals surface area contributed by atoms with E-state index in [2.05, 4.69) is 32.6 Å². The van der Waals surface area contributed by atoms with Crippen molar-refractivity contribution in [1.82, 2.24) is 4.90 Å². The van der Waals surface area contributed by atoms with Gasteiger partial charge in [0.15, 0.2) is 0 Å². The van der Waals surface area contributed by atoms with Gasteiger partial charge in [0.1, 0.15) is 0 Å². The van der Waals surface area contributed by atoms with Crippen LogP contribution < -0.4 is 5.73 Å². The maximum atomic E-state index is 5.14. The Morgan fingerprint density at radius 1 is 0.733 bits per heavy atom. The normalized spacial score (nSPS) is 10.0. The van der Waals surface area contributed by atoms with Crippen LogP contribution in [0.5, 0.6) is 0 Å². The Morgan fingerprint density at radius 2 is 1.13 bits per heavy atom. The second-order valence-corrected chi connectivity index (χ2v) is 3.98. The Morgan fingerprint density at radius 3 is 1.27 bits per heavy atom. The highest BCUT2D eigenvalue weighted by Gasteiger charge is 1.98. The third-order valence-corrected chi connectivity index (χ3v) is 2.18. The van der Waals surface area contributed by atoms with E-state index in [-0.39, 0.29) is 0 Å². The molecular weight excluding hydrogens is 184 g/mol. The highest BCUT2D eigenvalue weighted by atomic mass is 15.1. The molecule has 0 aliphatic rings. The van der Waals surface area contributed by atoms with Crippen LogP contribution in [-0.2, 0) is 0 Å². The molecular formula is C13H32N2. The van der Waals surface area contributed by atoms with Crippen molar-refractivity contribution in [3.05, 3.63) is 0 Å². The van der Waals surface area contributed by atoms with Crippen LogP contribution in [0, 0.1) is 0 Å². The summed E-state index contributed by atoms with van der Waals surface area (Å²) in [6, 6.07) is 0. The molecule has 0 fully saturated rings. The molecule has 0 saturated carbocycles. The van der Waals surface area contributed by atoms with Crippen molar-refractivity contribution < 1.29 is 0 Å². The lowest BCUT2D eigenvalue weighted by Crippen LogP contribution is -2.25. The molecule has 0 atom stereocenters. The zero-order valence-corrected chi connectivity index (χ0v) is 11.4. The molecule has 0 saturated heterocycles. The van der Waals surface area contributed by atoms with Crippen molar-refractivity contribution in [2.45, 2.75) is 59.8 Å². The van der Waals surface area contributed by atoms with Gasteiger partial charge in [-0.15, -0.1) is 0 Å². The first-order valence-corrected chi connectivity index (χ1v) is 6.69. The number of hydrogen-bond donors (Lipinski definition) is 1. The number of unbranched alkanes of at least 4 members (excludes halogenated alkanes) is 1. The van der Waals surface area contributed by atoms with Crippen LogP contribution in [0.25, 0.3) is 0 Å². The molecule has 94 valence electrons. The van der Waals surface area contributed by atoms with Crippen molar-refractivity contribution >= 4 is 0 Å². The van der Waals surface area contributed by atoms with Crippen molar-refractivity contribution in [3.63, 3.8) is 0 Å². The van der Waals surface area contributed by atoms with Gasteiger partial charge >= 0.3 is 0 Å². The lowest BCUT2D eigenvalue weighted by atomic mass is 10.3. The van der Waals surface area contributed by atoms with Crippen molar-refractivity contribution in [1.29, 1.82) is 0 Å². The maximum Gasteiger partial charge on any atom is -0.00214 e. The van der Waals surface area contributed by atoms with Gasteiger partial charge in [0.25, 0.3) is 0 Å². The Kier molecular flexibility index (Phi) is 18.9. The summed E-state index contributed by atoms with van der Waals surface area (Å²) in [6.45, 7) is 13.6. The number of nitrogens with zero attached hydrogens (tertiary/aromatic N) is 1. The van der Waals surface area contributed by atoms with E-state index in [9.17, 15) is 0 Å². The van der Waals surface area contributed by atoms with Gasteiger partial charge in [-0.25, -0.2) is 0 Å². The largest absolute Gasteiger partial charge is 0.330 e. The highest BCUT2D eigenvalue weighted by Crippen LogP contribution is 1.94. The fourth-order valence-corrected chi connectivity index (χ4v) is 1.49. The van der Waals surface area contributed by atoms with Crippen LogP contribution >= 0.6 is 0 Å². The van der Waals surface area contributed by atoms with Gasteiger partial charge in [-0.05, 0) is 51.9 Å². The summed E-state index contributed by atoms with van der Waals surface area (Å²) in [5.74, 6) is 0. The number of hydrogen-bond acceptors (Lipinski definition) is 2. The van der Waals surface area contributed by atoms with E-state index < -0.39 is 0 Å². The van der Waals surface area contributed by atoms with Crippen LogP contribution in [-0.4, -0.2) is 31.1 Å². The molecule has 0 aromatic rings. The second-order valence-electron chi connectivity index (χ2n) is 3.98.